The fourth-order valence-corrected chi connectivity index (χ4v) is 2.64. The Hall–Kier alpha value is -1.33. The Kier molecular flexibility index (Phi) is 4.61. The Morgan fingerprint density at radius 2 is 2.26 bits per heavy atom. The molecule has 0 saturated carbocycles. The minimum absolute atomic E-state index is 0.529. The van der Waals surface area contributed by atoms with Crippen LogP contribution < -0.4 is 4.74 Å². The van der Waals surface area contributed by atoms with Gasteiger partial charge in [-0.3, -0.25) is 4.68 Å². The molecule has 19 heavy (non-hydrogen) atoms. The highest BCUT2D eigenvalue weighted by Gasteiger charge is 2.17. The zero-order valence-electron chi connectivity index (χ0n) is 11.0. The SMILES string of the molecule is CCn1ncc(Br)c1C(O)Cc1cccc(OC)c1. The van der Waals surface area contributed by atoms with Gasteiger partial charge in [-0.2, -0.15) is 5.10 Å². The summed E-state index contributed by atoms with van der Waals surface area (Å²) in [5.74, 6) is 0.799. The molecule has 1 N–H and O–H groups in total. The third kappa shape index (κ3) is 3.16. The standard InChI is InChI=1S/C14H17BrN2O2/c1-3-17-14(12(15)9-16-17)13(18)8-10-5-4-6-11(7-10)19-2/h4-7,9,13,18H,3,8H2,1-2H3. The van der Waals surface area contributed by atoms with Crippen molar-refractivity contribution < 1.29 is 9.84 Å². The monoisotopic (exact) mass is 324 g/mol. The normalized spacial score (nSPS) is 12.4. The zero-order valence-corrected chi connectivity index (χ0v) is 12.6. The lowest BCUT2D eigenvalue weighted by atomic mass is 10.1. The van der Waals surface area contributed by atoms with Crippen LogP contribution in [0.1, 0.15) is 24.3 Å². The number of aliphatic hydroxyl groups excluding tert-OH is 1. The van der Waals surface area contributed by atoms with Crippen molar-refractivity contribution in [3.63, 3.8) is 0 Å². The van der Waals surface area contributed by atoms with Gasteiger partial charge in [-0.1, -0.05) is 12.1 Å². The number of aromatic nitrogens is 2. The molecular weight excluding hydrogens is 308 g/mol. The Labute approximate surface area is 121 Å². The molecule has 4 nitrogen and oxygen atoms in total. The first-order valence-corrected chi connectivity index (χ1v) is 6.97. The van der Waals surface area contributed by atoms with Gasteiger partial charge < -0.3 is 9.84 Å². The number of nitrogens with zero attached hydrogens (tertiary/aromatic N) is 2. The van der Waals surface area contributed by atoms with E-state index in [1.807, 2.05) is 31.2 Å². The fraction of sp³-hybridized carbons (Fsp3) is 0.357. The molecule has 0 saturated heterocycles. The van der Waals surface area contributed by atoms with Gasteiger partial charge in [0.05, 0.1) is 23.5 Å². The van der Waals surface area contributed by atoms with Crippen LogP contribution in [-0.4, -0.2) is 22.0 Å². The van der Waals surface area contributed by atoms with Crippen molar-refractivity contribution in [1.29, 1.82) is 0 Å². The molecule has 1 aromatic heterocycles. The number of aliphatic hydroxyl groups is 1. The molecule has 0 aliphatic rings. The fourth-order valence-electron chi connectivity index (χ4n) is 2.07. The summed E-state index contributed by atoms with van der Waals surface area (Å²) >= 11 is 3.43. The molecule has 0 spiro atoms. The van der Waals surface area contributed by atoms with E-state index in [1.54, 1.807) is 18.0 Å². The molecule has 1 aromatic carbocycles. The molecule has 0 fully saturated rings. The van der Waals surface area contributed by atoms with E-state index in [0.29, 0.717) is 6.42 Å². The smallest absolute Gasteiger partial charge is 0.119 e. The van der Waals surface area contributed by atoms with E-state index in [2.05, 4.69) is 21.0 Å². The van der Waals surface area contributed by atoms with Crippen LogP contribution in [-0.2, 0) is 13.0 Å². The second-order valence-electron chi connectivity index (χ2n) is 4.26. The van der Waals surface area contributed by atoms with Gasteiger partial charge >= 0.3 is 0 Å². The zero-order chi connectivity index (χ0) is 13.8. The molecule has 2 aromatic rings. The van der Waals surface area contributed by atoms with Crippen molar-refractivity contribution in [1.82, 2.24) is 9.78 Å². The van der Waals surface area contributed by atoms with E-state index in [4.69, 9.17) is 4.74 Å². The summed E-state index contributed by atoms with van der Waals surface area (Å²) in [6.45, 7) is 2.73. The van der Waals surface area contributed by atoms with Gasteiger partial charge in [-0.25, -0.2) is 0 Å². The molecule has 0 amide bonds. The molecule has 1 atom stereocenters. The van der Waals surface area contributed by atoms with Crippen LogP contribution in [0.25, 0.3) is 0 Å². The van der Waals surface area contributed by atoms with E-state index in [1.165, 1.54) is 0 Å². The number of halogens is 1. The van der Waals surface area contributed by atoms with Crippen molar-refractivity contribution in [3.8, 4) is 5.75 Å². The highest BCUT2D eigenvalue weighted by Crippen LogP contribution is 2.27. The van der Waals surface area contributed by atoms with Crippen LogP contribution in [0.2, 0.25) is 0 Å². The second kappa shape index (κ2) is 6.21. The average molecular weight is 325 g/mol. The summed E-state index contributed by atoms with van der Waals surface area (Å²) in [5.41, 5.74) is 1.84. The lowest BCUT2D eigenvalue weighted by Crippen LogP contribution is -2.10. The van der Waals surface area contributed by atoms with E-state index >= 15 is 0 Å². The molecule has 1 unspecified atom stereocenters. The molecule has 2 rings (SSSR count). The molecule has 1 heterocycles. The molecule has 5 heteroatoms. The third-order valence-corrected chi connectivity index (χ3v) is 3.62. The van der Waals surface area contributed by atoms with E-state index in [0.717, 1.165) is 28.0 Å². The summed E-state index contributed by atoms with van der Waals surface area (Å²) in [5, 5.41) is 14.6. The second-order valence-corrected chi connectivity index (χ2v) is 5.12. The highest BCUT2D eigenvalue weighted by molar-refractivity contribution is 9.10. The largest absolute Gasteiger partial charge is 0.497 e. The molecule has 0 aliphatic heterocycles. The van der Waals surface area contributed by atoms with Crippen molar-refractivity contribution in [2.24, 2.45) is 0 Å². The summed E-state index contributed by atoms with van der Waals surface area (Å²) < 4.78 is 7.83. The predicted molar refractivity (Wildman–Crippen MR) is 77.3 cm³/mol. The summed E-state index contributed by atoms with van der Waals surface area (Å²) in [6.07, 6.45) is 1.65. The number of ether oxygens (including phenoxy) is 1. The maximum absolute atomic E-state index is 10.4. The molecule has 0 radical (unpaired) electrons. The van der Waals surface area contributed by atoms with Gasteiger partial charge in [-0.15, -0.1) is 0 Å². The third-order valence-electron chi connectivity index (χ3n) is 3.01. The average Bonchev–Trinajstić information content (AvgIpc) is 2.80. The number of benzene rings is 1. The molecule has 0 aliphatic carbocycles. The topological polar surface area (TPSA) is 47.3 Å². The highest BCUT2D eigenvalue weighted by atomic mass is 79.9. The minimum Gasteiger partial charge on any atom is -0.497 e. The van der Waals surface area contributed by atoms with Crippen LogP contribution >= 0.6 is 15.9 Å². The van der Waals surface area contributed by atoms with Gasteiger partial charge in [0.1, 0.15) is 11.9 Å². The lowest BCUT2D eigenvalue weighted by Gasteiger charge is -2.14. The van der Waals surface area contributed by atoms with Crippen LogP contribution in [0.15, 0.2) is 34.9 Å². The van der Waals surface area contributed by atoms with E-state index in [-0.39, 0.29) is 0 Å². The van der Waals surface area contributed by atoms with Gasteiger partial charge in [0.25, 0.3) is 0 Å². The van der Waals surface area contributed by atoms with Crippen LogP contribution in [0, 0.1) is 0 Å². The number of hydrogen-bond donors (Lipinski definition) is 1. The maximum Gasteiger partial charge on any atom is 0.119 e. The number of rotatable bonds is 5. The summed E-state index contributed by atoms with van der Waals surface area (Å²) in [4.78, 5) is 0. The molecular formula is C14H17BrN2O2. The Balaban J connectivity index is 2.20. The number of aryl methyl sites for hydroxylation is 1. The number of hydrogen-bond acceptors (Lipinski definition) is 3. The number of methoxy groups -OCH3 is 1. The summed E-state index contributed by atoms with van der Waals surface area (Å²) in [7, 11) is 1.64. The van der Waals surface area contributed by atoms with Crippen molar-refractivity contribution >= 4 is 15.9 Å². The van der Waals surface area contributed by atoms with E-state index < -0.39 is 6.10 Å². The van der Waals surface area contributed by atoms with E-state index in [9.17, 15) is 5.11 Å². The predicted octanol–water partition coefficient (Wildman–Crippen LogP) is 2.95. The first-order chi connectivity index (χ1) is 9.15. The van der Waals surface area contributed by atoms with Crippen LogP contribution in [0.3, 0.4) is 0 Å². The Morgan fingerprint density at radius 3 is 2.95 bits per heavy atom. The quantitative estimate of drug-likeness (QED) is 0.919. The van der Waals surface area contributed by atoms with Crippen molar-refractivity contribution in [2.45, 2.75) is 26.0 Å². The van der Waals surface area contributed by atoms with Gasteiger partial charge in [0, 0.05) is 13.0 Å². The minimum atomic E-state index is -0.594. The maximum atomic E-state index is 10.4. The van der Waals surface area contributed by atoms with Gasteiger partial charge in [0.15, 0.2) is 0 Å². The van der Waals surface area contributed by atoms with Crippen molar-refractivity contribution in [3.05, 3.63) is 46.2 Å². The Morgan fingerprint density at radius 1 is 1.47 bits per heavy atom. The van der Waals surface area contributed by atoms with Gasteiger partial charge in [-0.05, 0) is 40.5 Å². The van der Waals surface area contributed by atoms with Crippen LogP contribution in [0.5, 0.6) is 5.75 Å². The summed E-state index contributed by atoms with van der Waals surface area (Å²) in [6, 6.07) is 7.73. The molecule has 0 bridgehead atoms. The van der Waals surface area contributed by atoms with Crippen molar-refractivity contribution in [2.75, 3.05) is 7.11 Å². The van der Waals surface area contributed by atoms with Crippen LogP contribution in [0.4, 0.5) is 0 Å². The first kappa shape index (κ1) is 14.1. The Bertz CT molecular complexity index is 554. The lowest BCUT2D eigenvalue weighted by molar-refractivity contribution is 0.166. The molecule has 102 valence electrons. The first-order valence-electron chi connectivity index (χ1n) is 6.18. The van der Waals surface area contributed by atoms with Gasteiger partial charge in [0.2, 0.25) is 0 Å².